The van der Waals surface area contributed by atoms with Crippen molar-refractivity contribution in [2.45, 2.75) is 58.6 Å². The van der Waals surface area contributed by atoms with Crippen LogP contribution in [-0.4, -0.2) is 28.2 Å². The molecule has 1 atom stereocenters. The molecule has 0 saturated heterocycles. The average molecular weight is 664 g/mol. The van der Waals surface area contributed by atoms with Crippen LogP contribution in [0.1, 0.15) is 55.0 Å². The number of cyclic esters (lactones) is 1. The SMILES string of the molecule is CCc1c2c(nc3ccc(OC(=O)NCCc4ccc(I)cc4)cc13)-c1cc3c(c(=O)n1C2)COC(=O)[C@]3(C)CC. The zero-order valence-corrected chi connectivity index (χ0v) is 25.3. The number of halogens is 1. The Hall–Kier alpha value is -3.73. The number of fused-ring (bicyclic) bond motifs is 5. The minimum atomic E-state index is -0.873. The van der Waals surface area contributed by atoms with Gasteiger partial charge in [0.05, 0.1) is 34.4 Å². The van der Waals surface area contributed by atoms with Crippen LogP contribution in [0.15, 0.2) is 53.3 Å². The number of ether oxygens (including phenoxy) is 2. The molecule has 0 radical (unpaired) electrons. The van der Waals surface area contributed by atoms with E-state index >= 15 is 0 Å². The topological polar surface area (TPSA) is 99.5 Å². The van der Waals surface area contributed by atoms with Gasteiger partial charge in [-0.3, -0.25) is 9.59 Å². The van der Waals surface area contributed by atoms with Crippen LogP contribution in [0.5, 0.6) is 5.75 Å². The molecule has 0 fully saturated rings. The highest BCUT2D eigenvalue weighted by molar-refractivity contribution is 14.1. The largest absolute Gasteiger partial charge is 0.460 e. The third kappa shape index (κ3) is 4.69. The van der Waals surface area contributed by atoms with Crippen LogP contribution >= 0.6 is 22.6 Å². The van der Waals surface area contributed by atoms with E-state index in [1.165, 1.54) is 3.57 Å². The number of nitrogens with one attached hydrogen (secondary N) is 1. The lowest BCUT2D eigenvalue weighted by atomic mass is 9.76. The summed E-state index contributed by atoms with van der Waals surface area (Å²) in [6.45, 7) is 6.68. The second-order valence-corrected chi connectivity index (χ2v) is 12.0. The molecule has 2 aliphatic heterocycles. The second kappa shape index (κ2) is 10.6. The number of hydrogen-bond acceptors (Lipinski definition) is 6. The monoisotopic (exact) mass is 663 g/mol. The molecule has 1 amide bonds. The van der Waals surface area contributed by atoms with Gasteiger partial charge in [-0.25, -0.2) is 9.78 Å². The van der Waals surface area contributed by atoms with Crippen molar-refractivity contribution in [3.63, 3.8) is 0 Å². The van der Waals surface area contributed by atoms with Crippen molar-refractivity contribution < 1.29 is 19.1 Å². The fraction of sp³-hybridized carbons (Fsp3) is 0.312. The molecule has 0 spiro atoms. The smallest absolute Gasteiger partial charge is 0.412 e. The van der Waals surface area contributed by atoms with E-state index in [1.807, 2.05) is 56.3 Å². The van der Waals surface area contributed by atoms with Gasteiger partial charge in [-0.05, 0) is 102 Å². The summed E-state index contributed by atoms with van der Waals surface area (Å²) in [4.78, 5) is 43.8. The van der Waals surface area contributed by atoms with Gasteiger partial charge < -0.3 is 19.4 Å². The second-order valence-electron chi connectivity index (χ2n) is 10.7. The van der Waals surface area contributed by atoms with E-state index in [0.29, 0.717) is 43.7 Å². The fourth-order valence-corrected chi connectivity index (χ4v) is 6.23. The average Bonchev–Trinajstić information content (AvgIpc) is 3.33. The summed E-state index contributed by atoms with van der Waals surface area (Å²) in [6.07, 6.45) is 1.44. The number of esters is 1. The van der Waals surface area contributed by atoms with Crippen LogP contribution in [0.3, 0.4) is 0 Å². The first-order valence-electron chi connectivity index (χ1n) is 13.8. The maximum absolute atomic E-state index is 13.6. The molecule has 41 heavy (non-hydrogen) atoms. The number of carbonyl (C=O) groups excluding carboxylic acids is 2. The number of rotatable bonds is 6. The Labute approximate surface area is 251 Å². The molecular formula is C32H30IN3O5. The first kappa shape index (κ1) is 27.4. The van der Waals surface area contributed by atoms with Gasteiger partial charge in [0.25, 0.3) is 5.56 Å². The normalized spacial score (nSPS) is 17.0. The first-order chi connectivity index (χ1) is 19.7. The van der Waals surface area contributed by atoms with E-state index in [1.54, 1.807) is 10.6 Å². The molecule has 8 nitrogen and oxygen atoms in total. The molecular weight excluding hydrogens is 633 g/mol. The van der Waals surface area contributed by atoms with Gasteiger partial charge in [0, 0.05) is 21.1 Å². The highest BCUT2D eigenvalue weighted by Gasteiger charge is 2.43. The van der Waals surface area contributed by atoms with E-state index in [-0.39, 0.29) is 18.1 Å². The molecule has 1 N–H and O–H groups in total. The van der Waals surface area contributed by atoms with Gasteiger partial charge in [0.1, 0.15) is 12.4 Å². The minimum Gasteiger partial charge on any atom is -0.460 e. The number of benzene rings is 2. The molecule has 210 valence electrons. The zero-order valence-electron chi connectivity index (χ0n) is 23.2. The highest BCUT2D eigenvalue weighted by Crippen LogP contribution is 2.41. The van der Waals surface area contributed by atoms with Crippen molar-refractivity contribution in [1.29, 1.82) is 0 Å². The van der Waals surface area contributed by atoms with Gasteiger partial charge in [-0.2, -0.15) is 0 Å². The molecule has 0 unspecified atom stereocenters. The van der Waals surface area contributed by atoms with Gasteiger partial charge >= 0.3 is 12.1 Å². The predicted molar refractivity (Wildman–Crippen MR) is 164 cm³/mol. The Kier molecular flexibility index (Phi) is 7.09. The van der Waals surface area contributed by atoms with E-state index in [9.17, 15) is 14.4 Å². The van der Waals surface area contributed by atoms with E-state index in [2.05, 4.69) is 34.8 Å². The lowest BCUT2D eigenvalue weighted by Gasteiger charge is -2.33. The summed E-state index contributed by atoms with van der Waals surface area (Å²) in [5.74, 6) is 0.125. The maximum atomic E-state index is 13.6. The third-order valence-electron chi connectivity index (χ3n) is 8.39. The molecule has 4 aromatic rings. The van der Waals surface area contributed by atoms with E-state index in [0.717, 1.165) is 44.5 Å². The Morgan fingerprint density at radius 2 is 1.90 bits per heavy atom. The number of carbonyl (C=O) groups is 2. The Morgan fingerprint density at radius 3 is 2.63 bits per heavy atom. The van der Waals surface area contributed by atoms with Gasteiger partial charge in [0.15, 0.2) is 0 Å². The Morgan fingerprint density at radius 1 is 1.12 bits per heavy atom. The van der Waals surface area contributed by atoms with Gasteiger partial charge in [-0.1, -0.05) is 26.0 Å². The van der Waals surface area contributed by atoms with E-state index in [4.69, 9.17) is 14.5 Å². The maximum Gasteiger partial charge on any atom is 0.412 e. The highest BCUT2D eigenvalue weighted by atomic mass is 127. The fourth-order valence-electron chi connectivity index (χ4n) is 5.87. The summed E-state index contributed by atoms with van der Waals surface area (Å²) in [6, 6.07) is 15.6. The Balaban J connectivity index is 1.30. The molecule has 2 aromatic carbocycles. The first-order valence-corrected chi connectivity index (χ1v) is 14.9. The van der Waals surface area contributed by atoms with Crippen LogP contribution in [-0.2, 0) is 40.9 Å². The van der Waals surface area contributed by atoms with Crippen molar-refractivity contribution in [2.24, 2.45) is 0 Å². The van der Waals surface area contributed by atoms with Crippen molar-refractivity contribution in [1.82, 2.24) is 14.9 Å². The molecule has 6 rings (SSSR count). The van der Waals surface area contributed by atoms with Crippen molar-refractivity contribution >= 4 is 45.6 Å². The summed E-state index contributed by atoms with van der Waals surface area (Å²) in [7, 11) is 0. The molecule has 0 bridgehead atoms. The minimum absolute atomic E-state index is 0.0112. The molecule has 2 aliphatic rings. The lowest BCUT2D eigenvalue weighted by molar-refractivity contribution is -0.153. The summed E-state index contributed by atoms with van der Waals surface area (Å²) in [5.41, 5.74) is 5.67. The molecule has 9 heteroatoms. The molecule has 4 heterocycles. The molecule has 0 aliphatic carbocycles. The summed E-state index contributed by atoms with van der Waals surface area (Å²) < 4.78 is 13.9. The quantitative estimate of drug-likeness (QED) is 0.186. The van der Waals surface area contributed by atoms with Crippen LogP contribution in [0.2, 0.25) is 0 Å². The van der Waals surface area contributed by atoms with Crippen LogP contribution < -0.4 is 15.6 Å². The number of aromatic nitrogens is 2. The van der Waals surface area contributed by atoms with Crippen molar-refractivity contribution in [2.75, 3.05) is 6.54 Å². The number of nitrogens with zero attached hydrogens (tertiary/aromatic N) is 2. The summed E-state index contributed by atoms with van der Waals surface area (Å²) >= 11 is 2.27. The Bertz CT molecular complexity index is 1780. The van der Waals surface area contributed by atoms with Crippen molar-refractivity contribution in [3.8, 4) is 17.1 Å². The van der Waals surface area contributed by atoms with Crippen LogP contribution in [0, 0.1) is 3.57 Å². The number of aryl methyl sites for hydroxylation is 1. The summed E-state index contributed by atoms with van der Waals surface area (Å²) in [5, 5.41) is 3.71. The van der Waals surface area contributed by atoms with Crippen molar-refractivity contribution in [3.05, 3.63) is 90.3 Å². The van der Waals surface area contributed by atoms with E-state index < -0.39 is 11.5 Å². The molecule has 0 saturated carbocycles. The predicted octanol–water partition coefficient (Wildman–Crippen LogP) is 5.65. The third-order valence-corrected chi connectivity index (χ3v) is 9.11. The number of amides is 1. The zero-order chi connectivity index (χ0) is 28.9. The lowest BCUT2D eigenvalue weighted by Crippen LogP contribution is -2.42. The number of hydrogen-bond donors (Lipinski definition) is 1. The van der Waals surface area contributed by atoms with Gasteiger partial charge in [-0.15, -0.1) is 0 Å². The van der Waals surface area contributed by atoms with Crippen LogP contribution in [0.25, 0.3) is 22.3 Å². The van der Waals surface area contributed by atoms with Crippen LogP contribution in [0.4, 0.5) is 4.79 Å². The standard InChI is InChI=1S/C32H30IN3O5/c1-4-21-22-14-20(41-31(39)34-13-12-18-6-8-19(33)9-7-18)10-11-26(22)35-28-23(21)16-36-27(28)15-25-24(29(36)37)17-40-30(38)32(25,3)5-2/h6-11,14-15H,4-5,12-13,16-17H2,1-3H3,(H,34,39)/t32-/m1/s1. The number of pyridine rings is 2. The van der Waals surface area contributed by atoms with Gasteiger partial charge in [0.2, 0.25) is 0 Å². The molecule has 2 aromatic heterocycles.